The molecule has 222 valence electrons. The lowest BCUT2D eigenvalue weighted by Gasteiger charge is -2.11. The molecule has 4 aromatic carbocycles. The van der Waals surface area contributed by atoms with Gasteiger partial charge < -0.3 is 14.4 Å². The highest BCUT2D eigenvalue weighted by molar-refractivity contribution is 7.86. The molecule has 0 aliphatic heterocycles. The predicted molar refractivity (Wildman–Crippen MR) is 151 cm³/mol. The minimum Gasteiger partial charge on any atom is -0.741 e. The summed E-state index contributed by atoms with van der Waals surface area (Å²) in [6.07, 6.45) is 0.151. The first-order valence-corrected chi connectivity index (χ1v) is 14.1. The smallest absolute Gasteiger partial charge is 0.485 e. The number of halogens is 3. The van der Waals surface area contributed by atoms with Gasteiger partial charge in [-0.1, -0.05) is 66.7 Å². The van der Waals surface area contributed by atoms with E-state index in [0.29, 0.717) is 10.9 Å². The highest BCUT2D eigenvalue weighted by Crippen LogP contribution is 2.31. The molecule has 1 aromatic heterocycles. The maximum atomic E-state index is 12.4. The Morgan fingerprint density at radius 3 is 2.07 bits per heavy atom. The molecule has 0 spiro atoms. The minimum atomic E-state index is -6.09. The van der Waals surface area contributed by atoms with Crippen LogP contribution in [0.15, 0.2) is 97.1 Å². The van der Waals surface area contributed by atoms with Gasteiger partial charge in [-0.25, -0.2) is 13.2 Å². The molecule has 0 amide bonds. The van der Waals surface area contributed by atoms with E-state index in [0.717, 1.165) is 33.1 Å². The Morgan fingerprint density at radius 2 is 1.47 bits per heavy atom. The minimum absolute atomic E-state index is 0.151. The van der Waals surface area contributed by atoms with Crippen LogP contribution in [0, 0.1) is 0 Å². The Labute approximate surface area is 244 Å². The normalized spacial score (nSPS) is 11.6. The third kappa shape index (κ3) is 7.34. The fourth-order valence-electron chi connectivity index (χ4n) is 4.48. The van der Waals surface area contributed by atoms with Crippen LogP contribution in [-0.2, 0) is 39.7 Å². The van der Waals surface area contributed by atoms with E-state index in [4.69, 9.17) is 17.7 Å². The molecule has 12 heteroatoms. The van der Waals surface area contributed by atoms with Crippen LogP contribution in [0.4, 0.5) is 13.2 Å². The van der Waals surface area contributed by atoms with E-state index in [-0.39, 0.29) is 24.6 Å². The highest BCUT2D eigenvalue weighted by Gasteiger charge is 2.37. The zero-order valence-electron chi connectivity index (χ0n) is 22.5. The van der Waals surface area contributed by atoms with Crippen LogP contribution in [0.3, 0.4) is 0 Å². The molecule has 0 radical (unpaired) electrons. The second-order valence-electron chi connectivity index (χ2n) is 9.41. The fourth-order valence-corrected chi connectivity index (χ4v) is 4.48. The number of rotatable bonds is 6. The summed E-state index contributed by atoms with van der Waals surface area (Å²) >= 11 is 0. The van der Waals surface area contributed by atoms with Crippen molar-refractivity contribution in [3.05, 3.63) is 114 Å². The largest absolute Gasteiger partial charge is 0.741 e. The van der Waals surface area contributed by atoms with Crippen LogP contribution in [0.2, 0.25) is 0 Å². The molecule has 5 rings (SSSR count). The van der Waals surface area contributed by atoms with Gasteiger partial charge in [0.05, 0.1) is 17.4 Å². The number of alkyl halides is 3. The van der Waals surface area contributed by atoms with Gasteiger partial charge in [-0.3, -0.25) is 4.79 Å². The monoisotopic (exact) mass is 611 g/mol. The number of nitrogens with zero attached hydrogens (tertiary/aromatic N) is 1. The molecule has 1 N–H and O–H groups in total. The van der Waals surface area contributed by atoms with Gasteiger partial charge in [0.1, 0.15) is 13.7 Å². The summed E-state index contributed by atoms with van der Waals surface area (Å²) < 4.78 is 66.3. The van der Waals surface area contributed by atoms with E-state index < -0.39 is 21.6 Å². The average molecular weight is 612 g/mol. The molecule has 5 aromatic rings. The number of hydrogen-bond donors (Lipinski definition) is 1. The van der Waals surface area contributed by atoms with Crippen molar-refractivity contribution >= 4 is 43.9 Å². The lowest BCUT2D eigenvalue weighted by atomic mass is 9.94. The van der Waals surface area contributed by atoms with Gasteiger partial charge in [0, 0.05) is 17.5 Å². The van der Waals surface area contributed by atoms with Crippen LogP contribution in [-0.4, -0.2) is 35.5 Å². The van der Waals surface area contributed by atoms with Crippen molar-refractivity contribution in [1.29, 1.82) is 0 Å². The van der Waals surface area contributed by atoms with Crippen LogP contribution < -0.4 is 4.57 Å². The van der Waals surface area contributed by atoms with Gasteiger partial charge in [0.25, 0.3) is 0 Å². The molecule has 0 atom stereocenters. The van der Waals surface area contributed by atoms with Crippen molar-refractivity contribution in [2.45, 2.75) is 18.5 Å². The van der Waals surface area contributed by atoms with Gasteiger partial charge in [-0.15, -0.1) is 0 Å². The van der Waals surface area contributed by atoms with Gasteiger partial charge in [-0.2, -0.15) is 17.7 Å². The summed E-state index contributed by atoms with van der Waals surface area (Å²) in [5.74, 6) is -1.28. The molecule has 0 aliphatic carbocycles. The Hall–Kier alpha value is -4.81. The molecule has 0 saturated heterocycles. The van der Waals surface area contributed by atoms with E-state index in [2.05, 4.69) is 0 Å². The Bertz CT molecular complexity index is 1910. The molecule has 0 unspecified atom stereocenters. The standard InChI is InChI=1S/C30H23NO4.CHF3O3S/c1-31-26-10-6-5-9-23(26)18-25-27(31)16-15-24(29(25)30(33)34)22-13-11-20(12-14-22)17-28(32)35-19-21-7-3-2-4-8-21;2-1(3,4)8(5,6)7/h2-16,18H,17,19H2,1H3;(H,5,6,7). The number of esters is 1. The summed E-state index contributed by atoms with van der Waals surface area (Å²) in [6.45, 7) is 0.239. The lowest BCUT2D eigenvalue weighted by molar-refractivity contribution is -0.617. The number of aryl methyl sites for hydroxylation is 1. The van der Waals surface area contributed by atoms with Crippen molar-refractivity contribution in [2.75, 3.05) is 0 Å². The van der Waals surface area contributed by atoms with E-state index in [1.54, 1.807) is 0 Å². The molecule has 0 fully saturated rings. The van der Waals surface area contributed by atoms with Gasteiger partial charge in [-0.05, 0) is 40.5 Å². The number of aromatic nitrogens is 1. The fraction of sp³-hybridized carbons (Fsp3) is 0.129. The van der Waals surface area contributed by atoms with E-state index >= 15 is 0 Å². The first kappa shape index (κ1) is 31.1. The van der Waals surface area contributed by atoms with Crippen molar-refractivity contribution in [2.24, 2.45) is 7.05 Å². The zero-order chi connectivity index (χ0) is 31.4. The number of hydrogen-bond acceptors (Lipinski definition) is 6. The number of fused-ring (bicyclic) bond motifs is 2. The molecule has 0 saturated carbocycles. The maximum Gasteiger partial charge on any atom is 0.485 e. The molecule has 43 heavy (non-hydrogen) atoms. The van der Waals surface area contributed by atoms with Crippen molar-refractivity contribution in [3.63, 3.8) is 0 Å². The number of benzene rings is 4. The van der Waals surface area contributed by atoms with Crippen LogP contribution in [0.1, 0.15) is 21.5 Å². The number of carbonyl (C=O) groups excluding carboxylic acids is 1. The first-order chi connectivity index (χ1) is 20.3. The number of carboxylic acid groups (broad SMARTS) is 1. The highest BCUT2D eigenvalue weighted by atomic mass is 32.2. The van der Waals surface area contributed by atoms with Crippen LogP contribution in [0.25, 0.3) is 32.9 Å². The third-order valence-corrected chi connectivity index (χ3v) is 7.10. The van der Waals surface area contributed by atoms with E-state index in [9.17, 15) is 27.9 Å². The number of pyridine rings is 1. The zero-order valence-corrected chi connectivity index (χ0v) is 23.4. The van der Waals surface area contributed by atoms with E-state index in [1.165, 1.54) is 0 Å². The van der Waals surface area contributed by atoms with E-state index in [1.807, 2.05) is 109 Å². The molecular formula is C31H24F3NO7S. The Morgan fingerprint density at radius 1 is 0.860 bits per heavy atom. The molecular weight excluding hydrogens is 587 g/mol. The average Bonchev–Trinajstić information content (AvgIpc) is 2.96. The van der Waals surface area contributed by atoms with Crippen LogP contribution >= 0.6 is 0 Å². The summed E-state index contributed by atoms with van der Waals surface area (Å²) in [5, 5.41) is 11.8. The summed E-state index contributed by atoms with van der Waals surface area (Å²) in [6, 6.07) is 30.6. The molecule has 0 aliphatic rings. The number of carboxylic acids is 1. The maximum absolute atomic E-state index is 12.4. The third-order valence-electron chi connectivity index (χ3n) is 6.54. The molecule has 1 heterocycles. The Balaban J connectivity index is 0.000000467. The number of para-hydroxylation sites is 1. The van der Waals surface area contributed by atoms with Gasteiger partial charge >= 0.3 is 17.4 Å². The summed E-state index contributed by atoms with van der Waals surface area (Å²) in [7, 11) is -4.14. The number of ether oxygens (including phenoxy) is 1. The van der Waals surface area contributed by atoms with Crippen LogP contribution in [0.5, 0.6) is 0 Å². The van der Waals surface area contributed by atoms with Crippen molar-refractivity contribution < 1.29 is 50.1 Å². The van der Waals surface area contributed by atoms with Crippen molar-refractivity contribution in [3.8, 4) is 11.1 Å². The molecule has 8 nitrogen and oxygen atoms in total. The van der Waals surface area contributed by atoms with Gasteiger partial charge in [0.15, 0.2) is 10.1 Å². The van der Waals surface area contributed by atoms with Gasteiger partial charge in [0.2, 0.25) is 11.0 Å². The second kappa shape index (κ2) is 12.6. The predicted octanol–water partition coefficient (Wildman–Crippen LogP) is 5.52. The number of carbonyl (C=O) groups is 2. The Kier molecular flexibility index (Phi) is 9.12. The number of aromatic carboxylic acids is 1. The SMILES string of the molecule is C[n+]1c2ccccc2cc2c(C(=O)O)c(-c3ccc(CC(=O)OCc4ccccc4)cc3)ccc21.O=S(=O)([O-])C(F)(F)F. The summed E-state index contributed by atoms with van der Waals surface area (Å²) in [4.78, 5) is 24.7. The quantitative estimate of drug-likeness (QED) is 0.0882. The first-order valence-electron chi connectivity index (χ1n) is 12.6. The lowest BCUT2D eigenvalue weighted by Crippen LogP contribution is -2.30. The van der Waals surface area contributed by atoms with Crippen molar-refractivity contribution in [1.82, 2.24) is 0 Å². The summed E-state index contributed by atoms with van der Waals surface area (Å²) in [5.41, 5.74) is -0.335. The molecule has 0 bridgehead atoms. The second-order valence-corrected chi connectivity index (χ2v) is 10.8. The topological polar surface area (TPSA) is 125 Å².